The molecule has 1 fully saturated rings. The summed E-state index contributed by atoms with van der Waals surface area (Å²) in [6.45, 7) is 2.11. The summed E-state index contributed by atoms with van der Waals surface area (Å²) < 4.78 is 0. The second kappa shape index (κ2) is 6.78. The predicted molar refractivity (Wildman–Crippen MR) is 77.7 cm³/mol. The van der Waals surface area contributed by atoms with Gasteiger partial charge in [0.2, 0.25) is 0 Å². The normalized spacial score (nSPS) is 16.5. The van der Waals surface area contributed by atoms with E-state index in [2.05, 4.69) is 0 Å². The number of carbonyl (C=O) groups excluding carboxylic acids is 1. The van der Waals surface area contributed by atoms with Gasteiger partial charge >= 0.3 is 5.97 Å². The number of aromatic hydroxyl groups is 1. The highest BCUT2D eigenvalue weighted by molar-refractivity contribution is 6.30. The first-order valence-electron chi connectivity index (χ1n) is 6.69. The number of benzene rings is 1. The lowest BCUT2D eigenvalue weighted by Crippen LogP contribution is -2.36. The first-order chi connectivity index (χ1) is 9.97. The first-order valence-corrected chi connectivity index (χ1v) is 7.07. The minimum atomic E-state index is -0.870. The van der Waals surface area contributed by atoms with Crippen LogP contribution in [0.25, 0.3) is 0 Å². The fourth-order valence-corrected chi connectivity index (χ4v) is 2.55. The molecular weight excluding hydrogens is 296 g/mol. The molecule has 21 heavy (non-hydrogen) atoms. The van der Waals surface area contributed by atoms with E-state index in [1.165, 1.54) is 12.1 Å². The summed E-state index contributed by atoms with van der Waals surface area (Å²) in [4.78, 5) is 26.6. The van der Waals surface area contributed by atoms with Crippen LogP contribution in [-0.2, 0) is 4.79 Å². The van der Waals surface area contributed by atoms with Crippen molar-refractivity contribution in [3.05, 3.63) is 28.8 Å². The van der Waals surface area contributed by atoms with Crippen LogP contribution in [-0.4, -0.2) is 64.6 Å². The number of aliphatic carboxylic acids is 1. The van der Waals surface area contributed by atoms with E-state index in [0.29, 0.717) is 37.6 Å². The van der Waals surface area contributed by atoms with Crippen LogP contribution in [0.1, 0.15) is 16.8 Å². The summed E-state index contributed by atoms with van der Waals surface area (Å²) >= 11 is 5.75. The molecule has 1 aromatic rings. The molecule has 0 aliphatic carbocycles. The maximum atomic E-state index is 12.4. The Bertz CT molecular complexity index is 550. The number of nitrogens with zero attached hydrogens (tertiary/aromatic N) is 2. The van der Waals surface area contributed by atoms with Gasteiger partial charge in [-0.05, 0) is 24.6 Å². The Labute approximate surface area is 127 Å². The zero-order valence-corrected chi connectivity index (χ0v) is 12.2. The fourth-order valence-electron chi connectivity index (χ4n) is 2.38. The summed E-state index contributed by atoms with van der Waals surface area (Å²) in [5, 5.41) is 19.0. The molecule has 114 valence electrons. The molecule has 1 heterocycles. The maximum absolute atomic E-state index is 12.4. The minimum absolute atomic E-state index is 0.0196. The van der Waals surface area contributed by atoms with Crippen LogP contribution in [0.4, 0.5) is 0 Å². The van der Waals surface area contributed by atoms with Crippen LogP contribution < -0.4 is 0 Å². The van der Waals surface area contributed by atoms with Crippen molar-refractivity contribution in [3.63, 3.8) is 0 Å². The molecule has 1 saturated heterocycles. The lowest BCUT2D eigenvalue weighted by molar-refractivity contribution is -0.138. The smallest absolute Gasteiger partial charge is 0.317 e. The van der Waals surface area contributed by atoms with E-state index in [1.54, 1.807) is 15.9 Å². The summed E-state index contributed by atoms with van der Waals surface area (Å²) in [5.41, 5.74) is 0.214. The molecule has 2 N–H and O–H groups in total. The van der Waals surface area contributed by atoms with Crippen molar-refractivity contribution in [1.29, 1.82) is 0 Å². The Morgan fingerprint density at radius 2 is 1.95 bits per heavy atom. The summed E-state index contributed by atoms with van der Waals surface area (Å²) in [7, 11) is 0. The molecule has 1 aromatic carbocycles. The van der Waals surface area contributed by atoms with Crippen LogP contribution >= 0.6 is 11.6 Å². The van der Waals surface area contributed by atoms with Gasteiger partial charge in [0.15, 0.2) is 0 Å². The molecule has 0 bridgehead atoms. The fraction of sp³-hybridized carbons (Fsp3) is 0.429. The van der Waals surface area contributed by atoms with E-state index in [1.807, 2.05) is 0 Å². The van der Waals surface area contributed by atoms with Gasteiger partial charge in [0.25, 0.3) is 5.91 Å². The highest BCUT2D eigenvalue weighted by Crippen LogP contribution is 2.23. The van der Waals surface area contributed by atoms with Gasteiger partial charge < -0.3 is 15.1 Å². The molecule has 1 aliphatic rings. The Balaban J connectivity index is 2.04. The summed E-state index contributed by atoms with van der Waals surface area (Å²) in [5.74, 6) is -1.27. The third-order valence-corrected chi connectivity index (χ3v) is 3.66. The molecule has 0 aromatic heterocycles. The second-order valence-corrected chi connectivity index (χ2v) is 5.41. The number of amides is 1. The van der Waals surface area contributed by atoms with Crippen LogP contribution in [0, 0.1) is 0 Å². The number of phenols is 1. The molecule has 1 amide bonds. The Kier molecular flexibility index (Phi) is 5.03. The summed E-state index contributed by atoms with van der Waals surface area (Å²) in [6.07, 6.45) is 0.702. The third kappa shape index (κ3) is 4.09. The average molecular weight is 313 g/mol. The van der Waals surface area contributed by atoms with E-state index in [4.69, 9.17) is 16.7 Å². The Morgan fingerprint density at radius 1 is 1.19 bits per heavy atom. The van der Waals surface area contributed by atoms with Gasteiger partial charge in [-0.2, -0.15) is 0 Å². The molecule has 0 atom stereocenters. The molecular formula is C14H17ClN2O4. The average Bonchev–Trinajstić information content (AvgIpc) is 2.63. The third-order valence-electron chi connectivity index (χ3n) is 3.42. The largest absolute Gasteiger partial charge is 0.507 e. The van der Waals surface area contributed by atoms with Crippen molar-refractivity contribution in [3.8, 4) is 5.75 Å². The van der Waals surface area contributed by atoms with E-state index in [0.717, 1.165) is 0 Å². The number of halogens is 1. The summed E-state index contributed by atoms with van der Waals surface area (Å²) in [6, 6.07) is 4.40. The van der Waals surface area contributed by atoms with Crippen molar-refractivity contribution in [2.75, 3.05) is 32.7 Å². The highest BCUT2D eigenvalue weighted by Gasteiger charge is 2.23. The molecule has 0 radical (unpaired) electrons. The quantitative estimate of drug-likeness (QED) is 0.878. The predicted octanol–water partition coefficient (Wildman–Crippen LogP) is 1.28. The van der Waals surface area contributed by atoms with Gasteiger partial charge in [0, 0.05) is 31.2 Å². The van der Waals surface area contributed by atoms with Gasteiger partial charge in [-0.1, -0.05) is 11.6 Å². The molecule has 0 saturated carbocycles. The molecule has 0 unspecified atom stereocenters. The van der Waals surface area contributed by atoms with Gasteiger partial charge in [-0.25, -0.2) is 0 Å². The number of rotatable bonds is 3. The maximum Gasteiger partial charge on any atom is 0.317 e. The number of phenolic OH excluding ortho intramolecular Hbond substituents is 1. The SMILES string of the molecule is O=C(O)CN1CCCN(C(=O)c2ccc(Cl)cc2O)CC1. The van der Waals surface area contributed by atoms with Crippen molar-refractivity contribution < 1.29 is 19.8 Å². The van der Waals surface area contributed by atoms with E-state index in [9.17, 15) is 14.7 Å². The molecule has 7 heteroatoms. The first kappa shape index (κ1) is 15.6. The van der Waals surface area contributed by atoms with Crippen LogP contribution in [0.2, 0.25) is 5.02 Å². The van der Waals surface area contributed by atoms with E-state index in [-0.39, 0.29) is 23.8 Å². The van der Waals surface area contributed by atoms with Gasteiger partial charge in [0.1, 0.15) is 5.75 Å². The van der Waals surface area contributed by atoms with Crippen LogP contribution in [0.15, 0.2) is 18.2 Å². The molecule has 2 rings (SSSR count). The van der Waals surface area contributed by atoms with E-state index < -0.39 is 5.97 Å². The molecule has 0 spiro atoms. The minimum Gasteiger partial charge on any atom is -0.507 e. The van der Waals surface area contributed by atoms with Crippen LogP contribution in [0.5, 0.6) is 5.75 Å². The standard InChI is InChI=1S/C14H17ClN2O4/c15-10-2-3-11(12(18)8-10)14(21)17-5-1-4-16(6-7-17)9-13(19)20/h2-3,8,18H,1,4-7,9H2,(H,19,20). The lowest BCUT2D eigenvalue weighted by atomic mass is 10.1. The number of carboxylic acid groups (broad SMARTS) is 1. The lowest BCUT2D eigenvalue weighted by Gasteiger charge is -2.21. The number of carbonyl (C=O) groups is 2. The topological polar surface area (TPSA) is 81.1 Å². The van der Waals surface area contributed by atoms with Crippen molar-refractivity contribution in [1.82, 2.24) is 9.80 Å². The Hall–Kier alpha value is -1.79. The van der Waals surface area contributed by atoms with Crippen LogP contribution in [0.3, 0.4) is 0 Å². The van der Waals surface area contributed by atoms with Gasteiger partial charge in [-0.15, -0.1) is 0 Å². The van der Waals surface area contributed by atoms with Gasteiger partial charge in [-0.3, -0.25) is 14.5 Å². The molecule has 6 nitrogen and oxygen atoms in total. The van der Waals surface area contributed by atoms with Crippen molar-refractivity contribution in [2.45, 2.75) is 6.42 Å². The van der Waals surface area contributed by atoms with Gasteiger partial charge in [0.05, 0.1) is 12.1 Å². The number of carboxylic acids is 1. The van der Waals surface area contributed by atoms with E-state index >= 15 is 0 Å². The zero-order valence-electron chi connectivity index (χ0n) is 11.5. The van der Waals surface area contributed by atoms with Crippen molar-refractivity contribution in [2.24, 2.45) is 0 Å². The monoisotopic (exact) mass is 312 g/mol. The zero-order chi connectivity index (χ0) is 15.4. The number of hydrogen-bond donors (Lipinski definition) is 2. The second-order valence-electron chi connectivity index (χ2n) is 4.98. The molecule has 1 aliphatic heterocycles. The highest BCUT2D eigenvalue weighted by atomic mass is 35.5. The van der Waals surface area contributed by atoms with Crippen molar-refractivity contribution >= 4 is 23.5 Å². The Morgan fingerprint density at radius 3 is 2.62 bits per heavy atom. The number of hydrogen-bond acceptors (Lipinski definition) is 4.